The minimum absolute atomic E-state index is 0.0249. The maximum absolute atomic E-state index is 13.2. The normalized spacial score (nSPS) is 17.3. The summed E-state index contributed by atoms with van der Waals surface area (Å²) < 4.78 is 28.5. The smallest absolute Gasteiger partial charge is 0.295 e. The van der Waals surface area contributed by atoms with E-state index in [1.807, 2.05) is 6.92 Å². The molecule has 0 aliphatic carbocycles. The zero-order chi connectivity index (χ0) is 26.7. The van der Waals surface area contributed by atoms with E-state index >= 15 is 0 Å². The number of hydrogen-bond donors (Lipinski definition) is 2. The number of ketones is 1. The number of nitrogens with two attached hydrogens (primary N) is 1. The Balaban J connectivity index is 1.72. The van der Waals surface area contributed by atoms with Gasteiger partial charge in [0, 0.05) is 17.1 Å². The molecule has 1 heterocycles. The van der Waals surface area contributed by atoms with E-state index in [1.54, 1.807) is 60.7 Å². The molecule has 1 saturated heterocycles. The summed E-state index contributed by atoms with van der Waals surface area (Å²) in [6.07, 6.45) is 0.321. The van der Waals surface area contributed by atoms with Crippen LogP contribution in [-0.2, 0) is 26.0 Å². The first-order chi connectivity index (χ1) is 17.6. The molecule has 0 aromatic heterocycles. The Morgan fingerprint density at radius 1 is 1.03 bits per heavy atom. The number of ether oxygens (including phenoxy) is 1. The Morgan fingerprint density at radius 3 is 2.27 bits per heavy atom. The van der Waals surface area contributed by atoms with Crippen molar-refractivity contribution in [1.29, 1.82) is 0 Å². The van der Waals surface area contributed by atoms with Crippen LogP contribution in [0.15, 0.2) is 83.3 Å². The van der Waals surface area contributed by atoms with Crippen molar-refractivity contribution in [2.24, 2.45) is 5.14 Å². The van der Waals surface area contributed by atoms with Gasteiger partial charge in [-0.05, 0) is 66.9 Å². The summed E-state index contributed by atoms with van der Waals surface area (Å²) in [5.74, 6) is -1.29. The van der Waals surface area contributed by atoms with Crippen molar-refractivity contribution in [2.75, 3.05) is 13.2 Å². The second-order valence-corrected chi connectivity index (χ2v) is 10.4. The van der Waals surface area contributed by atoms with Gasteiger partial charge in [0.15, 0.2) is 0 Å². The highest BCUT2D eigenvalue weighted by atomic mass is 35.5. The molecule has 0 saturated carbocycles. The molecule has 0 radical (unpaired) electrons. The molecule has 37 heavy (non-hydrogen) atoms. The Hall–Kier alpha value is -3.66. The lowest BCUT2D eigenvalue weighted by Crippen LogP contribution is -2.31. The number of primary sulfonamides is 1. The van der Waals surface area contributed by atoms with Gasteiger partial charge in [0.1, 0.15) is 11.5 Å². The number of aliphatic hydroxyl groups is 1. The molecule has 3 N–H and O–H groups in total. The maximum Gasteiger partial charge on any atom is 0.295 e. The average molecular weight is 541 g/mol. The van der Waals surface area contributed by atoms with Crippen molar-refractivity contribution in [3.05, 3.63) is 100 Å². The molecular formula is C27H25ClN2O6S. The third kappa shape index (κ3) is 5.53. The van der Waals surface area contributed by atoms with Gasteiger partial charge < -0.3 is 14.7 Å². The van der Waals surface area contributed by atoms with Crippen LogP contribution in [0.5, 0.6) is 5.75 Å². The van der Waals surface area contributed by atoms with Crippen LogP contribution in [0.1, 0.15) is 29.7 Å². The lowest BCUT2D eigenvalue weighted by atomic mass is 9.95. The fraction of sp³-hybridized carbons (Fsp3) is 0.185. The second-order valence-electron chi connectivity index (χ2n) is 8.41. The molecule has 1 amide bonds. The molecule has 10 heteroatoms. The summed E-state index contributed by atoms with van der Waals surface area (Å²) >= 11 is 6.48. The van der Waals surface area contributed by atoms with Gasteiger partial charge in [-0.1, -0.05) is 41.9 Å². The molecule has 0 bridgehead atoms. The van der Waals surface area contributed by atoms with E-state index in [4.69, 9.17) is 21.5 Å². The zero-order valence-electron chi connectivity index (χ0n) is 19.9. The minimum atomic E-state index is -3.83. The number of Topliss-reactive ketones (excluding diaryl/α,β-unsaturated/α-hetero) is 1. The van der Waals surface area contributed by atoms with E-state index in [9.17, 15) is 23.1 Å². The quantitative estimate of drug-likeness (QED) is 0.252. The highest BCUT2D eigenvalue weighted by Gasteiger charge is 2.46. The van der Waals surface area contributed by atoms with E-state index in [2.05, 4.69) is 0 Å². The molecule has 8 nitrogen and oxygen atoms in total. The highest BCUT2D eigenvalue weighted by Crippen LogP contribution is 2.42. The van der Waals surface area contributed by atoms with Crippen LogP contribution in [0, 0.1) is 0 Å². The molecule has 1 unspecified atom stereocenters. The van der Waals surface area contributed by atoms with Crippen molar-refractivity contribution in [3.63, 3.8) is 0 Å². The van der Waals surface area contributed by atoms with E-state index in [0.29, 0.717) is 34.9 Å². The van der Waals surface area contributed by atoms with Gasteiger partial charge in [0.25, 0.3) is 11.7 Å². The first kappa shape index (κ1) is 26.4. The number of sulfonamides is 1. The lowest BCUT2D eigenvalue weighted by molar-refractivity contribution is -0.139. The van der Waals surface area contributed by atoms with E-state index < -0.39 is 27.8 Å². The van der Waals surface area contributed by atoms with Crippen LogP contribution < -0.4 is 9.88 Å². The first-order valence-electron chi connectivity index (χ1n) is 11.5. The molecule has 3 aromatic rings. The van der Waals surface area contributed by atoms with Crippen molar-refractivity contribution in [1.82, 2.24) is 4.90 Å². The van der Waals surface area contributed by atoms with Gasteiger partial charge >= 0.3 is 0 Å². The summed E-state index contributed by atoms with van der Waals surface area (Å²) in [6, 6.07) is 18.5. The molecule has 1 atom stereocenters. The monoisotopic (exact) mass is 540 g/mol. The highest BCUT2D eigenvalue weighted by molar-refractivity contribution is 7.89. The SMILES string of the molecule is CCOc1ccc(/C(O)=C2\C(=O)C(=O)N(CCc3ccc(S(N)(=O)=O)cc3)C2c2ccccc2Cl)cc1. The van der Waals surface area contributed by atoms with Crippen LogP contribution in [-0.4, -0.2) is 43.3 Å². The molecular weight excluding hydrogens is 516 g/mol. The number of nitrogens with zero attached hydrogens (tertiary/aromatic N) is 1. The molecule has 4 rings (SSSR count). The van der Waals surface area contributed by atoms with Crippen LogP contribution in [0.2, 0.25) is 5.02 Å². The maximum atomic E-state index is 13.2. The number of amides is 1. The Morgan fingerprint density at radius 2 is 1.68 bits per heavy atom. The van der Waals surface area contributed by atoms with Gasteiger partial charge in [-0.25, -0.2) is 13.6 Å². The van der Waals surface area contributed by atoms with Gasteiger partial charge in [-0.15, -0.1) is 0 Å². The predicted octanol–water partition coefficient (Wildman–Crippen LogP) is 4.05. The molecule has 1 aliphatic rings. The van der Waals surface area contributed by atoms with Gasteiger partial charge in [-0.3, -0.25) is 9.59 Å². The standard InChI is InChI=1S/C27H25ClN2O6S/c1-2-36-19-11-9-18(10-12-19)25(31)23-24(21-5-3-4-6-22(21)28)30(27(33)26(23)32)16-15-17-7-13-20(14-8-17)37(29,34)35/h3-14,24,31H,2,15-16H2,1H3,(H2,29,34,35)/b25-23+. The third-order valence-electron chi connectivity index (χ3n) is 6.07. The number of carbonyl (C=O) groups is 2. The third-order valence-corrected chi connectivity index (χ3v) is 7.35. The second kappa shape index (κ2) is 10.8. The Bertz CT molecular complexity index is 1470. The molecule has 3 aromatic carbocycles. The van der Waals surface area contributed by atoms with E-state index in [0.717, 1.165) is 5.56 Å². The van der Waals surface area contributed by atoms with E-state index in [1.165, 1.54) is 17.0 Å². The summed E-state index contributed by atoms with van der Waals surface area (Å²) in [5, 5.41) is 16.7. The van der Waals surface area contributed by atoms with Crippen molar-refractivity contribution in [2.45, 2.75) is 24.3 Å². The van der Waals surface area contributed by atoms with Crippen LogP contribution >= 0.6 is 11.6 Å². The topological polar surface area (TPSA) is 127 Å². The largest absolute Gasteiger partial charge is 0.507 e. The number of carbonyl (C=O) groups excluding carboxylic acids is 2. The Kier molecular flexibility index (Phi) is 7.68. The summed E-state index contributed by atoms with van der Waals surface area (Å²) in [5.41, 5.74) is 1.53. The summed E-state index contributed by atoms with van der Waals surface area (Å²) in [4.78, 5) is 27.7. The number of rotatable bonds is 8. The minimum Gasteiger partial charge on any atom is -0.507 e. The summed E-state index contributed by atoms with van der Waals surface area (Å²) in [6.45, 7) is 2.45. The number of aliphatic hydroxyl groups excluding tert-OH is 1. The van der Waals surface area contributed by atoms with Crippen molar-refractivity contribution >= 4 is 39.1 Å². The molecule has 1 fully saturated rings. The first-order valence-corrected chi connectivity index (χ1v) is 13.4. The zero-order valence-corrected chi connectivity index (χ0v) is 21.5. The van der Waals surface area contributed by atoms with Gasteiger partial charge in [0.05, 0.1) is 23.1 Å². The average Bonchev–Trinajstić information content (AvgIpc) is 3.12. The predicted molar refractivity (Wildman–Crippen MR) is 140 cm³/mol. The molecule has 192 valence electrons. The van der Waals surface area contributed by atoms with Gasteiger partial charge in [-0.2, -0.15) is 0 Å². The van der Waals surface area contributed by atoms with Crippen LogP contribution in [0.3, 0.4) is 0 Å². The number of likely N-dealkylation sites (tertiary alicyclic amines) is 1. The number of hydrogen-bond acceptors (Lipinski definition) is 6. The van der Waals surface area contributed by atoms with E-state index in [-0.39, 0.29) is 22.8 Å². The summed E-state index contributed by atoms with van der Waals surface area (Å²) in [7, 11) is -3.83. The van der Waals surface area contributed by atoms with Crippen LogP contribution in [0.25, 0.3) is 5.76 Å². The van der Waals surface area contributed by atoms with Gasteiger partial charge in [0.2, 0.25) is 10.0 Å². The number of benzene rings is 3. The number of halogens is 1. The van der Waals surface area contributed by atoms with Crippen LogP contribution in [0.4, 0.5) is 0 Å². The van der Waals surface area contributed by atoms with Crippen molar-refractivity contribution in [3.8, 4) is 5.75 Å². The fourth-order valence-corrected chi connectivity index (χ4v) is 5.01. The Labute approximate surface area is 220 Å². The molecule has 1 aliphatic heterocycles. The van der Waals surface area contributed by atoms with Crippen molar-refractivity contribution < 1.29 is 27.9 Å². The lowest BCUT2D eigenvalue weighted by Gasteiger charge is -2.26. The molecule has 0 spiro atoms. The fourth-order valence-electron chi connectivity index (χ4n) is 4.26.